The Labute approximate surface area is 212 Å². The van der Waals surface area contributed by atoms with E-state index < -0.39 is 24.5 Å². The molecule has 0 saturated heterocycles. The van der Waals surface area contributed by atoms with E-state index in [1.54, 1.807) is 18.2 Å². The van der Waals surface area contributed by atoms with E-state index in [2.05, 4.69) is 24.4 Å². The lowest BCUT2D eigenvalue weighted by Crippen LogP contribution is -2.32. The molecule has 36 heavy (non-hydrogen) atoms. The summed E-state index contributed by atoms with van der Waals surface area (Å²) in [4.78, 5) is 22.8. The SMILES string of the molecule is CCC(CCc1cc2cc(C(=O)NCC(=O)O)ccc2o1)c1ccc(OCC(O)C(C)(C)C)c(C)c1. The van der Waals surface area contributed by atoms with Crippen LogP contribution in [-0.4, -0.2) is 41.3 Å². The Kier molecular flexibility index (Phi) is 8.79. The van der Waals surface area contributed by atoms with Gasteiger partial charge >= 0.3 is 5.97 Å². The van der Waals surface area contributed by atoms with Crippen molar-refractivity contribution in [1.82, 2.24) is 5.32 Å². The number of aliphatic hydroxyl groups is 1. The van der Waals surface area contributed by atoms with Gasteiger partial charge in [-0.25, -0.2) is 0 Å². The van der Waals surface area contributed by atoms with E-state index in [-0.39, 0.29) is 12.0 Å². The number of benzene rings is 2. The van der Waals surface area contributed by atoms with Crippen LogP contribution >= 0.6 is 0 Å². The fourth-order valence-electron chi connectivity index (χ4n) is 4.05. The maximum Gasteiger partial charge on any atom is 0.322 e. The molecule has 1 amide bonds. The van der Waals surface area contributed by atoms with Crippen LogP contribution in [0.2, 0.25) is 0 Å². The molecule has 3 N–H and O–H groups in total. The normalized spacial score (nSPS) is 13.4. The molecule has 0 spiro atoms. The smallest absolute Gasteiger partial charge is 0.322 e. The van der Waals surface area contributed by atoms with Crippen LogP contribution in [0.3, 0.4) is 0 Å². The topological polar surface area (TPSA) is 109 Å². The maximum atomic E-state index is 12.2. The number of carbonyl (C=O) groups is 2. The van der Waals surface area contributed by atoms with Crippen LogP contribution in [0.1, 0.15) is 73.7 Å². The molecule has 0 fully saturated rings. The highest BCUT2D eigenvalue weighted by atomic mass is 16.5. The van der Waals surface area contributed by atoms with Crippen LogP contribution in [0.15, 0.2) is 46.9 Å². The number of fused-ring (bicyclic) bond motifs is 1. The van der Waals surface area contributed by atoms with Crippen molar-refractivity contribution in [2.45, 2.75) is 65.9 Å². The zero-order chi connectivity index (χ0) is 26.5. The zero-order valence-electron chi connectivity index (χ0n) is 21.8. The average molecular weight is 496 g/mol. The fraction of sp³-hybridized carbons (Fsp3) is 0.448. The van der Waals surface area contributed by atoms with Crippen molar-refractivity contribution in [1.29, 1.82) is 0 Å². The number of aryl methyl sites for hydroxylation is 2. The van der Waals surface area contributed by atoms with Gasteiger partial charge in [0.05, 0.1) is 6.10 Å². The lowest BCUT2D eigenvalue weighted by molar-refractivity contribution is -0.135. The summed E-state index contributed by atoms with van der Waals surface area (Å²) in [5, 5.41) is 22.2. The van der Waals surface area contributed by atoms with Gasteiger partial charge in [-0.15, -0.1) is 0 Å². The molecule has 0 saturated carbocycles. The van der Waals surface area contributed by atoms with Gasteiger partial charge in [-0.1, -0.05) is 39.8 Å². The van der Waals surface area contributed by atoms with Crippen molar-refractivity contribution >= 4 is 22.8 Å². The Morgan fingerprint density at radius 3 is 2.50 bits per heavy atom. The van der Waals surface area contributed by atoms with Crippen molar-refractivity contribution in [2.24, 2.45) is 5.41 Å². The molecule has 3 rings (SSSR count). The number of carboxylic acids is 1. The first-order valence-corrected chi connectivity index (χ1v) is 12.4. The summed E-state index contributed by atoms with van der Waals surface area (Å²) in [6.45, 7) is 10.0. The molecule has 3 aromatic rings. The number of furan rings is 1. The number of nitrogens with one attached hydrogen (secondary N) is 1. The number of aliphatic hydroxyl groups excluding tert-OH is 1. The summed E-state index contributed by atoms with van der Waals surface area (Å²) < 4.78 is 11.9. The third kappa shape index (κ3) is 7.10. The van der Waals surface area contributed by atoms with Gasteiger partial charge in [-0.05, 0) is 72.6 Å². The second-order valence-electron chi connectivity index (χ2n) is 10.4. The highest BCUT2D eigenvalue weighted by Gasteiger charge is 2.23. The molecule has 0 aliphatic carbocycles. The molecule has 7 heteroatoms. The minimum absolute atomic E-state index is 0.230. The van der Waals surface area contributed by atoms with E-state index >= 15 is 0 Å². The number of amides is 1. The van der Waals surface area contributed by atoms with E-state index in [0.29, 0.717) is 17.1 Å². The molecule has 7 nitrogen and oxygen atoms in total. The molecule has 0 radical (unpaired) electrons. The van der Waals surface area contributed by atoms with Crippen molar-refractivity contribution < 1.29 is 29.0 Å². The number of hydrogen-bond acceptors (Lipinski definition) is 5. The summed E-state index contributed by atoms with van der Waals surface area (Å²) in [7, 11) is 0. The number of carboxylic acid groups (broad SMARTS) is 1. The van der Waals surface area contributed by atoms with E-state index in [1.807, 2.05) is 39.8 Å². The molecule has 0 aliphatic heterocycles. The first-order valence-electron chi connectivity index (χ1n) is 12.4. The summed E-state index contributed by atoms with van der Waals surface area (Å²) in [5.74, 6) is 0.473. The Balaban J connectivity index is 1.64. The summed E-state index contributed by atoms with van der Waals surface area (Å²) in [5.41, 5.74) is 3.15. The van der Waals surface area contributed by atoms with Gasteiger partial charge in [0.15, 0.2) is 0 Å². The predicted octanol–water partition coefficient (Wildman–Crippen LogP) is 5.47. The van der Waals surface area contributed by atoms with Gasteiger partial charge in [0.2, 0.25) is 0 Å². The average Bonchev–Trinajstić information content (AvgIpc) is 3.23. The summed E-state index contributed by atoms with van der Waals surface area (Å²) in [6, 6.07) is 13.3. The second-order valence-corrected chi connectivity index (χ2v) is 10.4. The Morgan fingerprint density at radius 1 is 1.11 bits per heavy atom. The lowest BCUT2D eigenvalue weighted by atomic mass is 9.89. The zero-order valence-corrected chi connectivity index (χ0v) is 21.8. The molecule has 194 valence electrons. The Morgan fingerprint density at radius 2 is 1.86 bits per heavy atom. The second kappa shape index (κ2) is 11.6. The van der Waals surface area contributed by atoms with Crippen LogP contribution in [0.4, 0.5) is 0 Å². The monoisotopic (exact) mass is 495 g/mol. The van der Waals surface area contributed by atoms with Crippen molar-refractivity contribution in [3.8, 4) is 5.75 Å². The third-order valence-electron chi connectivity index (χ3n) is 6.53. The Hall–Kier alpha value is -3.32. The number of carbonyl (C=O) groups excluding carboxylic acids is 1. The van der Waals surface area contributed by atoms with Gasteiger partial charge in [0.25, 0.3) is 5.91 Å². The first-order chi connectivity index (χ1) is 17.0. The van der Waals surface area contributed by atoms with E-state index in [4.69, 9.17) is 14.3 Å². The third-order valence-corrected chi connectivity index (χ3v) is 6.53. The van der Waals surface area contributed by atoms with Gasteiger partial charge in [0, 0.05) is 17.4 Å². The van der Waals surface area contributed by atoms with E-state index in [1.165, 1.54) is 5.56 Å². The van der Waals surface area contributed by atoms with Crippen molar-refractivity contribution in [3.63, 3.8) is 0 Å². The van der Waals surface area contributed by atoms with Crippen molar-refractivity contribution in [2.75, 3.05) is 13.2 Å². The standard InChI is InChI=1S/C29H37NO6/c1-6-19(20-8-11-24(18(2)13-20)35-17-26(31)29(3,4)5)7-10-23-15-22-14-21(9-12-25(22)36-23)28(34)30-16-27(32)33/h8-9,11-15,19,26,31H,6-7,10,16-17H2,1-5H3,(H,30,34)(H,32,33). The number of hydrogen-bond donors (Lipinski definition) is 3. The molecule has 0 bridgehead atoms. The van der Waals surface area contributed by atoms with E-state index in [9.17, 15) is 14.7 Å². The minimum atomic E-state index is -1.09. The first kappa shape index (κ1) is 27.3. The van der Waals surface area contributed by atoms with Gasteiger partial charge < -0.3 is 24.7 Å². The quantitative estimate of drug-likeness (QED) is 0.326. The summed E-state index contributed by atoms with van der Waals surface area (Å²) in [6.07, 6.45) is 2.10. The van der Waals surface area contributed by atoms with Gasteiger partial charge in [-0.2, -0.15) is 0 Å². The van der Waals surface area contributed by atoms with Crippen LogP contribution in [0.5, 0.6) is 5.75 Å². The molecule has 1 heterocycles. The molecule has 1 aromatic heterocycles. The molecule has 2 atom stereocenters. The van der Waals surface area contributed by atoms with Crippen LogP contribution in [0, 0.1) is 12.3 Å². The van der Waals surface area contributed by atoms with Crippen molar-refractivity contribution in [3.05, 3.63) is 64.9 Å². The fourth-order valence-corrected chi connectivity index (χ4v) is 4.05. The highest BCUT2D eigenvalue weighted by molar-refractivity contribution is 5.98. The molecular formula is C29H37NO6. The molecule has 2 aromatic carbocycles. The molecular weight excluding hydrogens is 458 g/mol. The highest BCUT2D eigenvalue weighted by Crippen LogP contribution is 2.31. The lowest BCUT2D eigenvalue weighted by Gasteiger charge is -2.26. The number of aliphatic carboxylic acids is 1. The maximum absolute atomic E-state index is 12.2. The number of rotatable bonds is 11. The molecule has 2 unspecified atom stereocenters. The predicted molar refractivity (Wildman–Crippen MR) is 140 cm³/mol. The summed E-state index contributed by atoms with van der Waals surface area (Å²) >= 11 is 0. The van der Waals surface area contributed by atoms with Crippen LogP contribution in [-0.2, 0) is 11.2 Å². The van der Waals surface area contributed by atoms with Crippen LogP contribution in [0.25, 0.3) is 11.0 Å². The minimum Gasteiger partial charge on any atom is -0.491 e. The number of ether oxygens (including phenoxy) is 1. The van der Waals surface area contributed by atoms with Gasteiger partial charge in [-0.3, -0.25) is 9.59 Å². The van der Waals surface area contributed by atoms with Crippen LogP contribution < -0.4 is 10.1 Å². The van der Waals surface area contributed by atoms with E-state index in [0.717, 1.165) is 41.7 Å². The van der Waals surface area contributed by atoms with Gasteiger partial charge in [0.1, 0.15) is 30.2 Å². The largest absolute Gasteiger partial charge is 0.491 e. The Bertz CT molecular complexity index is 1210. The molecule has 0 aliphatic rings.